The van der Waals surface area contributed by atoms with E-state index >= 15 is 0 Å². The number of fused-ring (bicyclic) bond motifs is 2. The highest BCUT2D eigenvalue weighted by Crippen LogP contribution is 2.52. The molecule has 2 aromatic rings. The third-order valence-corrected chi connectivity index (χ3v) is 8.62. The average Bonchev–Trinajstić information content (AvgIpc) is 3.36. The Balaban J connectivity index is 1.47. The van der Waals surface area contributed by atoms with Gasteiger partial charge in [0.05, 0.1) is 12.5 Å². The van der Waals surface area contributed by atoms with E-state index in [4.69, 9.17) is 0 Å². The number of ketones is 1. The largest absolute Gasteiger partial charge is 0.353 e. The zero-order valence-electron chi connectivity index (χ0n) is 26.1. The molecule has 0 saturated heterocycles. The standard InChI is InChI=1S/C31H43N7O6/c1-19-11-20-13-30(2,3)17-31(12-19,14-20)36-25(40)16-38-10-6-7-22(29(38)44)35-26(41)21(8-9-24(39)28(43)32-4)34-27(42)23-15-33-18-37(23)5/h6-7,10,15,18-21H,8-9,11-14,16-17H2,1-5H3,(H,32,43)(H,34,42)(H,35,41)(H,36,40)/t19?,20?,21-,31?/m0/s1. The van der Waals surface area contributed by atoms with E-state index in [1.807, 2.05) is 0 Å². The number of nitrogens with zero attached hydrogens (tertiary/aromatic N) is 3. The highest BCUT2D eigenvalue weighted by Gasteiger charge is 2.48. The van der Waals surface area contributed by atoms with Gasteiger partial charge in [0.2, 0.25) is 17.6 Å². The average molecular weight is 610 g/mol. The van der Waals surface area contributed by atoms with Gasteiger partial charge in [-0.2, -0.15) is 0 Å². The van der Waals surface area contributed by atoms with Gasteiger partial charge in [-0.15, -0.1) is 0 Å². The van der Waals surface area contributed by atoms with Gasteiger partial charge < -0.3 is 30.4 Å². The van der Waals surface area contributed by atoms with Gasteiger partial charge in [-0.05, 0) is 67.9 Å². The maximum atomic E-state index is 13.3. The van der Waals surface area contributed by atoms with E-state index in [0.717, 1.165) is 32.1 Å². The van der Waals surface area contributed by atoms with Crippen LogP contribution < -0.4 is 26.8 Å². The lowest BCUT2D eigenvalue weighted by Crippen LogP contribution is -2.58. The molecule has 2 aromatic heterocycles. The van der Waals surface area contributed by atoms with E-state index in [2.05, 4.69) is 47.0 Å². The summed E-state index contributed by atoms with van der Waals surface area (Å²) in [6.07, 6.45) is 8.73. The second-order valence-electron chi connectivity index (χ2n) is 13.3. The number of rotatable bonds is 11. The lowest BCUT2D eigenvalue weighted by molar-refractivity contribution is -0.137. The summed E-state index contributed by atoms with van der Waals surface area (Å²) in [5.74, 6) is -2.16. The van der Waals surface area contributed by atoms with Crippen LogP contribution in [0.2, 0.25) is 0 Å². The summed E-state index contributed by atoms with van der Waals surface area (Å²) >= 11 is 0. The normalized spacial score (nSPS) is 22.8. The summed E-state index contributed by atoms with van der Waals surface area (Å²) in [6.45, 7) is 6.50. The number of amides is 4. The number of hydrogen-bond acceptors (Lipinski definition) is 7. The smallest absolute Gasteiger partial charge is 0.287 e. The molecule has 4 amide bonds. The predicted molar refractivity (Wildman–Crippen MR) is 162 cm³/mol. The number of nitrogens with one attached hydrogen (secondary N) is 4. The minimum absolute atomic E-state index is 0.0916. The zero-order valence-corrected chi connectivity index (χ0v) is 26.1. The van der Waals surface area contributed by atoms with Crippen molar-refractivity contribution in [2.24, 2.45) is 24.3 Å². The Labute approximate surface area is 256 Å². The minimum Gasteiger partial charge on any atom is -0.353 e. The molecular formula is C31H43N7O6. The Bertz CT molecular complexity index is 1490. The lowest BCUT2D eigenvalue weighted by atomic mass is 9.56. The predicted octanol–water partition coefficient (Wildman–Crippen LogP) is 1.53. The summed E-state index contributed by atoms with van der Waals surface area (Å²) in [5.41, 5.74) is -0.697. The quantitative estimate of drug-likeness (QED) is 0.280. The molecule has 44 heavy (non-hydrogen) atoms. The van der Waals surface area contributed by atoms with Gasteiger partial charge in [0.1, 0.15) is 24.0 Å². The van der Waals surface area contributed by atoms with Crippen LogP contribution >= 0.6 is 0 Å². The van der Waals surface area contributed by atoms with Crippen LogP contribution in [-0.2, 0) is 32.8 Å². The van der Waals surface area contributed by atoms with E-state index in [9.17, 15) is 28.8 Å². The number of aryl methyl sites for hydroxylation is 1. The van der Waals surface area contributed by atoms with Crippen LogP contribution in [0.4, 0.5) is 5.69 Å². The SMILES string of the molecule is CNC(=O)C(=O)CC[C@H](NC(=O)c1cncn1C)C(=O)Nc1cccn(CC(=O)NC23CC(C)CC(CC(C)(C)C2)C3)c1=O. The number of pyridine rings is 1. The third kappa shape index (κ3) is 7.80. The molecule has 13 heteroatoms. The van der Waals surface area contributed by atoms with Gasteiger partial charge in [-0.1, -0.05) is 20.8 Å². The van der Waals surface area contributed by atoms with Crippen LogP contribution in [-0.4, -0.2) is 62.2 Å². The van der Waals surface area contributed by atoms with Gasteiger partial charge in [-0.3, -0.25) is 28.8 Å². The van der Waals surface area contributed by atoms with Crippen molar-refractivity contribution in [3.8, 4) is 0 Å². The zero-order chi connectivity index (χ0) is 32.2. The first kappa shape index (κ1) is 32.6. The molecule has 4 atom stereocenters. The van der Waals surface area contributed by atoms with Crippen molar-refractivity contribution >= 4 is 35.1 Å². The van der Waals surface area contributed by atoms with Gasteiger partial charge in [0, 0.05) is 32.3 Å². The Morgan fingerprint density at radius 3 is 2.57 bits per heavy atom. The van der Waals surface area contributed by atoms with E-state index in [-0.39, 0.29) is 47.6 Å². The van der Waals surface area contributed by atoms with Gasteiger partial charge >= 0.3 is 0 Å². The third-order valence-electron chi connectivity index (χ3n) is 8.62. The Morgan fingerprint density at radius 1 is 1.14 bits per heavy atom. The van der Waals surface area contributed by atoms with E-state index < -0.39 is 35.1 Å². The maximum Gasteiger partial charge on any atom is 0.287 e. The topological polar surface area (TPSA) is 173 Å². The van der Waals surface area contributed by atoms with Crippen LogP contribution in [0.5, 0.6) is 0 Å². The molecule has 3 unspecified atom stereocenters. The molecule has 2 heterocycles. The van der Waals surface area contributed by atoms with Gasteiger partial charge in [0.15, 0.2) is 0 Å². The maximum absolute atomic E-state index is 13.3. The summed E-state index contributed by atoms with van der Waals surface area (Å²) in [6, 6.07) is 1.70. The highest BCUT2D eigenvalue weighted by molar-refractivity contribution is 6.36. The fraction of sp³-hybridized carbons (Fsp3) is 0.581. The molecule has 2 saturated carbocycles. The van der Waals surface area contributed by atoms with Crippen molar-refractivity contribution in [1.82, 2.24) is 30.1 Å². The molecule has 4 rings (SSSR count). The van der Waals surface area contributed by atoms with Gasteiger partial charge in [-0.25, -0.2) is 4.98 Å². The van der Waals surface area contributed by atoms with Crippen molar-refractivity contribution in [1.29, 1.82) is 0 Å². The van der Waals surface area contributed by atoms with Gasteiger partial charge in [0.25, 0.3) is 17.4 Å². The Kier molecular flexibility index (Phi) is 9.75. The van der Waals surface area contributed by atoms with E-state index in [1.54, 1.807) is 13.1 Å². The molecule has 2 aliphatic rings. The fourth-order valence-electron chi connectivity index (χ4n) is 7.33. The number of carbonyl (C=O) groups excluding carboxylic acids is 5. The number of anilines is 1. The molecule has 2 aliphatic carbocycles. The number of aromatic nitrogens is 3. The van der Waals surface area contributed by atoms with Crippen molar-refractivity contribution in [3.63, 3.8) is 0 Å². The van der Waals surface area contributed by atoms with Crippen molar-refractivity contribution < 1.29 is 24.0 Å². The summed E-state index contributed by atoms with van der Waals surface area (Å²) in [4.78, 5) is 80.5. The molecule has 13 nitrogen and oxygen atoms in total. The van der Waals surface area contributed by atoms with E-state index in [1.165, 1.54) is 41.0 Å². The molecule has 0 aromatic carbocycles. The molecule has 0 aliphatic heterocycles. The summed E-state index contributed by atoms with van der Waals surface area (Å²) in [5, 5.41) is 10.6. The van der Waals surface area contributed by atoms with Crippen molar-refractivity contribution in [2.45, 2.75) is 83.8 Å². The summed E-state index contributed by atoms with van der Waals surface area (Å²) in [7, 11) is 2.92. The monoisotopic (exact) mass is 609 g/mol. The molecule has 2 fully saturated rings. The second-order valence-corrected chi connectivity index (χ2v) is 13.3. The number of carbonyl (C=O) groups is 5. The van der Waals surface area contributed by atoms with Crippen molar-refractivity contribution in [3.05, 3.63) is 46.9 Å². The first-order chi connectivity index (χ1) is 20.7. The number of Topliss-reactive ketones (excluding diaryl/α,β-unsaturated/α-hetero) is 1. The molecule has 0 radical (unpaired) electrons. The number of hydrogen-bond donors (Lipinski definition) is 4. The molecule has 0 spiro atoms. The fourth-order valence-corrected chi connectivity index (χ4v) is 7.33. The van der Waals surface area contributed by atoms with Crippen molar-refractivity contribution in [2.75, 3.05) is 12.4 Å². The van der Waals surface area contributed by atoms with Crippen LogP contribution in [0.1, 0.15) is 76.2 Å². The number of imidazole rings is 1. The highest BCUT2D eigenvalue weighted by atomic mass is 16.2. The first-order valence-electron chi connectivity index (χ1n) is 15.0. The van der Waals surface area contributed by atoms with Crippen LogP contribution in [0.3, 0.4) is 0 Å². The first-order valence-corrected chi connectivity index (χ1v) is 15.0. The molecular weight excluding hydrogens is 566 g/mol. The Morgan fingerprint density at radius 2 is 1.89 bits per heavy atom. The summed E-state index contributed by atoms with van der Waals surface area (Å²) < 4.78 is 2.69. The lowest BCUT2D eigenvalue weighted by Gasteiger charge is -2.53. The molecule has 4 N–H and O–H groups in total. The second kappa shape index (κ2) is 13.1. The van der Waals surface area contributed by atoms with Crippen LogP contribution in [0, 0.1) is 17.3 Å². The number of likely N-dealkylation sites (N-methyl/N-ethyl adjacent to an activating group) is 1. The van der Waals surface area contributed by atoms with E-state index in [0.29, 0.717) is 11.8 Å². The Hall–Kier alpha value is -4.29. The minimum atomic E-state index is -1.25. The molecule has 2 bridgehead atoms. The van der Waals surface area contributed by atoms with Crippen LogP contribution in [0.25, 0.3) is 0 Å². The van der Waals surface area contributed by atoms with Crippen LogP contribution in [0.15, 0.2) is 35.6 Å². The molecule has 238 valence electrons.